The fraction of sp³-hybridized carbons (Fsp3) is 0.556. The van der Waals surface area contributed by atoms with Crippen LogP contribution in [0.25, 0.3) is 0 Å². The summed E-state index contributed by atoms with van der Waals surface area (Å²) in [6.07, 6.45) is -0.0826. The van der Waals surface area contributed by atoms with E-state index < -0.39 is 9.84 Å². The first-order valence-corrected chi connectivity index (χ1v) is 10.5. The summed E-state index contributed by atoms with van der Waals surface area (Å²) in [4.78, 5) is 25.3. The Kier molecular flexibility index (Phi) is 8.74. The van der Waals surface area contributed by atoms with Crippen molar-refractivity contribution in [3.8, 4) is 0 Å². The van der Waals surface area contributed by atoms with Gasteiger partial charge in [-0.15, -0.1) is 0 Å². The van der Waals surface area contributed by atoms with Crippen LogP contribution in [-0.2, 0) is 19.4 Å². The molecule has 0 aliphatic rings. The van der Waals surface area contributed by atoms with Gasteiger partial charge in [0, 0.05) is 31.6 Å². The first-order chi connectivity index (χ1) is 12.2. The number of anilines is 1. The average molecular weight is 384 g/mol. The number of nitrogens with one attached hydrogen (secondary N) is 2. The molecule has 1 aromatic rings. The van der Waals surface area contributed by atoms with E-state index in [-0.39, 0.29) is 34.9 Å². The highest BCUT2D eigenvalue weighted by molar-refractivity contribution is 7.91. The SMILES string of the molecule is CCN(CC)C(C)CNC(=O)CCS(=O)(=O)c1ccc(NC(C)=O)cc1. The lowest BCUT2D eigenvalue weighted by molar-refractivity contribution is -0.121. The molecule has 0 aliphatic heterocycles. The predicted molar refractivity (Wildman–Crippen MR) is 103 cm³/mol. The van der Waals surface area contributed by atoms with Gasteiger partial charge in [0.05, 0.1) is 10.6 Å². The molecule has 7 nitrogen and oxygen atoms in total. The van der Waals surface area contributed by atoms with Gasteiger partial charge in [0.25, 0.3) is 0 Å². The van der Waals surface area contributed by atoms with Crippen molar-refractivity contribution >= 4 is 27.3 Å². The van der Waals surface area contributed by atoms with Gasteiger partial charge < -0.3 is 10.6 Å². The van der Waals surface area contributed by atoms with Crippen molar-refractivity contribution in [1.82, 2.24) is 10.2 Å². The summed E-state index contributed by atoms with van der Waals surface area (Å²) in [5, 5.41) is 5.37. The van der Waals surface area contributed by atoms with Gasteiger partial charge >= 0.3 is 0 Å². The molecule has 0 heterocycles. The topological polar surface area (TPSA) is 95.6 Å². The molecular weight excluding hydrogens is 354 g/mol. The van der Waals surface area contributed by atoms with Gasteiger partial charge in [0.15, 0.2) is 9.84 Å². The third-order valence-corrected chi connectivity index (χ3v) is 5.89. The van der Waals surface area contributed by atoms with Crippen LogP contribution in [0.4, 0.5) is 5.69 Å². The summed E-state index contributed by atoms with van der Waals surface area (Å²) >= 11 is 0. The van der Waals surface area contributed by atoms with Crippen LogP contribution in [0.1, 0.15) is 34.1 Å². The monoisotopic (exact) mass is 383 g/mol. The number of nitrogens with zero attached hydrogens (tertiary/aromatic N) is 1. The van der Waals surface area contributed by atoms with Gasteiger partial charge in [-0.1, -0.05) is 13.8 Å². The van der Waals surface area contributed by atoms with Gasteiger partial charge in [-0.25, -0.2) is 8.42 Å². The maximum absolute atomic E-state index is 12.3. The number of likely N-dealkylation sites (N-methyl/N-ethyl adjacent to an activating group) is 1. The largest absolute Gasteiger partial charge is 0.355 e. The second kappa shape index (κ2) is 10.3. The maximum atomic E-state index is 12.3. The lowest BCUT2D eigenvalue weighted by Gasteiger charge is -2.26. The molecule has 146 valence electrons. The van der Waals surface area contributed by atoms with Crippen molar-refractivity contribution in [1.29, 1.82) is 0 Å². The van der Waals surface area contributed by atoms with Gasteiger partial charge in [0.2, 0.25) is 11.8 Å². The van der Waals surface area contributed by atoms with Crippen LogP contribution in [0.2, 0.25) is 0 Å². The Morgan fingerprint density at radius 3 is 2.19 bits per heavy atom. The molecule has 0 spiro atoms. The van der Waals surface area contributed by atoms with Gasteiger partial charge in [-0.05, 0) is 44.3 Å². The number of hydrogen-bond acceptors (Lipinski definition) is 5. The summed E-state index contributed by atoms with van der Waals surface area (Å²) in [5.74, 6) is -0.753. The number of carbonyl (C=O) groups is 2. The third-order valence-electron chi connectivity index (χ3n) is 4.16. The van der Waals surface area contributed by atoms with Crippen LogP contribution in [-0.4, -0.2) is 56.6 Å². The molecule has 0 bridgehead atoms. The Balaban J connectivity index is 2.54. The van der Waals surface area contributed by atoms with Crippen molar-refractivity contribution in [3.05, 3.63) is 24.3 Å². The molecule has 1 rings (SSSR count). The average Bonchev–Trinajstić information content (AvgIpc) is 2.59. The molecule has 26 heavy (non-hydrogen) atoms. The van der Waals surface area contributed by atoms with Gasteiger partial charge in [0.1, 0.15) is 0 Å². The Morgan fingerprint density at radius 2 is 1.69 bits per heavy atom. The van der Waals surface area contributed by atoms with E-state index in [9.17, 15) is 18.0 Å². The number of rotatable bonds is 10. The smallest absolute Gasteiger partial charge is 0.221 e. The van der Waals surface area contributed by atoms with Crippen LogP contribution in [0.5, 0.6) is 0 Å². The van der Waals surface area contributed by atoms with Crippen molar-refractivity contribution in [3.63, 3.8) is 0 Å². The Hall–Kier alpha value is -1.93. The fourth-order valence-corrected chi connectivity index (χ4v) is 3.86. The summed E-state index contributed by atoms with van der Waals surface area (Å²) in [7, 11) is -3.55. The molecule has 0 fully saturated rings. The van der Waals surface area contributed by atoms with E-state index in [1.165, 1.54) is 31.2 Å². The Labute approximate surface area is 156 Å². The van der Waals surface area contributed by atoms with E-state index in [1.54, 1.807) is 0 Å². The minimum absolute atomic E-state index is 0.0826. The number of amides is 2. The van der Waals surface area contributed by atoms with Gasteiger partial charge in [-0.2, -0.15) is 0 Å². The van der Waals surface area contributed by atoms with Crippen LogP contribution in [0.3, 0.4) is 0 Å². The summed E-state index contributed by atoms with van der Waals surface area (Å²) < 4.78 is 24.7. The molecule has 0 aromatic heterocycles. The van der Waals surface area contributed by atoms with E-state index >= 15 is 0 Å². The minimum Gasteiger partial charge on any atom is -0.355 e. The molecule has 0 saturated carbocycles. The Morgan fingerprint density at radius 1 is 1.12 bits per heavy atom. The van der Waals surface area contributed by atoms with E-state index in [4.69, 9.17) is 0 Å². The molecular formula is C18H29N3O4S. The van der Waals surface area contributed by atoms with Crippen molar-refractivity contribution in [2.24, 2.45) is 0 Å². The zero-order valence-electron chi connectivity index (χ0n) is 15.9. The summed E-state index contributed by atoms with van der Waals surface area (Å²) in [6, 6.07) is 6.12. The van der Waals surface area contributed by atoms with Crippen molar-refractivity contribution in [2.45, 2.75) is 45.1 Å². The molecule has 1 aromatic carbocycles. The number of sulfone groups is 1. The maximum Gasteiger partial charge on any atom is 0.221 e. The van der Waals surface area contributed by atoms with Crippen LogP contribution in [0, 0.1) is 0 Å². The highest BCUT2D eigenvalue weighted by atomic mass is 32.2. The molecule has 0 saturated heterocycles. The van der Waals surface area contributed by atoms with E-state index in [0.29, 0.717) is 12.2 Å². The minimum atomic E-state index is -3.55. The molecule has 0 radical (unpaired) electrons. The number of carbonyl (C=O) groups excluding carboxylic acids is 2. The lowest BCUT2D eigenvalue weighted by Crippen LogP contribution is -2.42. The third kappa shape index (κ3) is 7.13. The van der Waals surface area contributed by atoms with Gasteiger partial charge in [-0.3, -0.25) is 14.5 Å². The second-order valence-electron chi connectivity index (χ2n) is 6.15. The lowest BCUT2D eigenvalue weighted by atomic mass is 10.2. The predicted octanol–water partition coefficient (Wildman–Crippen LogP) is 1.66. The Bertz CT molecular complexity index is 698. The molecule has 8 heteroatoms. The molecule has 2 N–H and O–H groups in total. The standard InChI is InChI=1S/C18H29N3O4S/c1-5-21(6-2)14(3)13-19-18(23)11-12-26(24,25)17-9-7-16(8-10-17)20-15(4)22/h7-10,14H,5-6,11-13H2,1-4H3,(H,19,23)(H,20,22). The fourth-order valence-electron chi connectivity index (χ4n) is 2.62. The van der Waals surface area contributed by atoms with Crippen molar-refractivity contribution in [2.75, 3.05) is 30.7 Å². The van der Waals surface area contributed by atoms with E-state index in [1.807, 2.05) is 6.92 Å². The molecule has 1 atom stereocenters. The number of hydrogen-bond donors (Lipinski definition) is 2. The molecule has 2 amide bonds. The first-order valence-electron chi connectivity index (χ1n) is 8.80. The molecule has 0 aliphatic carbocycles. The summed E-state index contributed by atoms with van der Waals surface area (Å²) in [5.41, 5.74) is 0.527. The zero-order valence-corrected chi connectivity index (χ0v) is 16.7. The number of benzene rings is 1. The van der Waals surface area contributed by atoms with E-state index in [2.05, 4.69) is 29.4 Å². The summed E-state index contributed by atoms with van der Waals surface area (Å²) in [6.45, 7) is 9.82. The van der Waals surface area contributed by atoms with Crippen molar-refractivity contribution < 1.29 is 18.0 Å². The highest BCUT2D eigenvalue weighted by Gasteiger charge is 2.17. The van der Waals surface area contributed by atoms with Crippen LogP contribution in [0.15, 0.2) is 29.2 Å². The zero-order chi connectivity index (χ0) is 19.7. The second-order valence-corrected chi connectivity index (χ2v) is 8.26. The van der Waals surface area contributed by atoms with E-state index in [0.717, 1.165) is 13.1 Å². The van der Waals surface area contributed by atoms with Crippen LogP contribution >= 0.6 is 0 Å². The molecule has 1 unspecified atom stereocenters. The first kappa shape index (κ1) is 22.1. The highest BCUT2D eigenvalue weighted by Crippen LogP contribution is 2.16. The quantitative estimate of drug-likeness (QED) is 0.641. The normalized spacial score (nSPS) is 12.7. The van der Waals surface area contributed by atoms with Crippen LogP contribution < -0.4 is 10.6 Å².